The highest BCUT2D eigenvalue weighted by atomic mass is 31.2. The van der Waals surface area contributed by atoms with Gasteiger partial charge in [0.25, 0.3) is 5.56 Å². The summed E-state index contributed by atoms with van der Waals surface area (Å²) in [4.78, 5) is 61.0. The first-order valence-corrected chi connectivity index (χ1v) is 16.5. The van der Waals surface area contributed by atoms with Gasteiger partial charge in [-0.3, -0.25) is 23.9 Å². The number of aromatic nitrogens is 4. The molecule has 4 heterocycles. The molecule has 1 saturated carbocycles. The summed E-state index contributed by atoms with van der Waals surface area (Å²) in [6.07, 6.45) is -1.13. The Labute approximate surface area is 263 Å². The fourth-order valence-corrected chi connectivity index (χ4v) is 8.34. The Hall–Kier alpha value is -3.57. The normalized spacial score (nSPS) is 29.1. The molecule has 3 fully saturated rings. The van der Waals surface area contributed by atoms with E-state index in [1.807, 2.05) is 27.7 Å². The van der Waals surface area contributed by atoms with Gasteiger partial charge in [0, 0.05) is 0 Å². The van der Waals surface area contributed by atoms with Crippen molar-refractivity contribution in [3.63, 3.8) is 0 Å². The summed E-state index contributed by atoms with van der Waals surface area (Å²) >= 11 is 0. The van der Waals surface area contributed by atoms with Crippen LogP contribution in [-0.4, -0.2) is 93.9 Å². The molecule has 7 unspecified atom stereocenters. The number of methoxy groups -OCH3 is 2. The zero-order valence-electron chi connectivity index (χ0n) is 26.6. The third-order valence-corrected chi connectivity index (χ3v) is 10.3. The molecule has 46 heavy (non-hydrogen) atoms. The quantitative estimate of drug-likeness (QED) is 0.125. The second-order valence-electron chi connectivity index (χ2n) is 12.6. The van der Waals surface area contributed by atoms with E-state index in [1.165, 1.54) is 20.5 Å². The Kier molecular flexibility index (Phi) is 8.98. The number of rotatable bonds is 14. The first-order chi connectivity index (χ1) is 21.6. The van der Waals surface area contributed by atoms with Crippen LogP contribution in [0.4, 0.5) is 10.7 Å². The number of anilines is 1. The number of nitrogens with two attached hydrogens (primary N) is 1. The van der Waals surface area contributed by atoms with Gasteiger partial charge in [-0.05, 0) is 31.6 Å². The standard InChI is InChI=1S/C27H40N7O11P/c1-12(2)8-14(21(36)40-6)32-46(39,33-15(9-13(3)4)22(37)41-7)42-10-16-18-27(45-25(38)43-18)23(26(27,5)44-16)34-11-29-17-19(34)30-24(28)31-20(17)35/h11-16,18,23H,8-10H2,1-7H3,(H2,32,33,39)(H3,28,30,31,35). The van der Waals surface area contributed by atoms with Crippen molar-refractivity contribution in [3.05, 3.63) is 16.7 Å². The van der Waals surface area contributed by atoms with Gasteiger partial charge in [0.05, 0.1) is 27.2 Å². The summed E-state index contributed by atoms with van der Waals surface area (Å²) in [6, 6.07) is -2.83. The van der Waals surface area contributed by atoms with E-state index in [9.17, 15) is 23.7 Å². The second kappa shape index (κ2) is 12.2. The van der Waals surface area contributed by atoms with E-state index in [-0.39, 0.29) is 41.8 Å². The van der Waals surface area contributed by atoms with Crippen molar-refractivity contribution in [2.24, 2.45) is 11.8 Å². The van der Waals surface area contributed by atoms with Gasteiger partial charge in [-0.25, -0.2) is 20.0 Å². The maximum atomic E-state index is 14.5. The number of carbonyl (C=O) groups is 3. The van der Waals surface area contributed by atoms with Crippen LogP contribution in [0, 0.1) is 11.8 Å². The van der Waals surface area contributed by atoms with Gasteiger partial charge in [-0.2, -0.15) is 4.98 Å². The maximum Gasteiger partial charge on any atom is 0.509 e. The number of hydrogen-bond acceptors (Lipinski definition) is 14. The number of ether oxygens (including phenoxy) is 5. The van der Waals surface area contributed by atoms with Crippen LogP contribution in [0.25, 0.3) is 11.2 Å². The number of aromatic amines is 1. The largest absolute Gasteiger partial charge is 0.509 e. The average molecular weight is 670 g/mol. The number of esters is 2. The number of nitrogens with one attached hydrogen (secondary N) is 3. The minimum Gasteiger partial charge on any atom is -0.468 e. The molecule has 7 atom stereocenters. The Morgan fingerprint density at radius 3 is 2.24 bits per heavy atom. The van der Waals surface area contributed by atoms with E-state index >= 15 is 0 Å². The van der Waals surface area contributed by atoms with Crippen molar-refractivity contribution in [3.8, 4) is 0 Å². The van der Waals surface area contributed by atoms with E-state index in [0.717, 1.165) is 0 Å². The molecular weight excluding hydrogens is 629 g/mol. The van der Waals surface area contributed by atoms with Gasteiger partial charge in [-0.15, -0.1) is 0 Å². The number of nitrogen functional groups attached to an aromatic ring is 1. The monoisotopic (exact) mass is 669 g/mol. The van der Waals surface area contributed by atoms with Crippen molar-refractivity contribution in [1.82, 2.24) is 29.7 Å². The van der Waals surface area contributed by atoms with E-state index in [0.29, 0.717) is 0 Å². The summed E-state index contributed by atoms with van der Waals surface area (Å²) in [6.45, 7) is 8.78. The highest BCUT2D eigenvalue weighted by Crippen LogP contribution is 2.72. The van der Waals surface area contributed by atoms with Gasteiger partial charge in [0.15, 0.2) is 17.3 Å². The highest BCUT2D eigenvalue weighted by molar-refractivity contribution is 7.54. The lowest BCUT2D eigenvalue weighted by Gasteiger charge is -2.30. The second-order valence-corrected chi connectivity index (χ2v) is 14.5. The van der Waals surface area contributed by atoms with Gasteiger partial charge < -0.3 is 38.5 Å². The Bertz CT molecular complexity index is 1590. The molecule has 0 bridgehead atoms. The first-order valence-electron chi connectivity index (χ1n) is 14.8. The van der Waals surface area contributed by atoms with Crippen molar-refractivity contribution in [1.29, 1.82) is 0 Å². The number of nitrogens with zero attached hydrogens (tertiary/aromatic N) is 3. The van der Waals surface area contributed by atoms with Gasteiger partial charge in [-0.1, -0.05) is 27.7 Å². The summed E-state index contributed by atoms with van der Waals surface area (Å²) in [7, 11) is -1.84. The highest BCUT2D eigenvalue weighted by Gasteiger charge is 2.92. The molecule has 2 aromatic heterocycles. The molecule has 254 valence electrons. The third-order valence-electron chi connectivity index (χ3n) is 8.44. The SMILES string of the molecule is COC(=O)C(CC(C)C)NP(=O)(NC(CC(C)C)C(=O)OC)OCC1OC2(C)C(n3cnc4c(=O)[nH]c(N)nc43)C23OC(=O)OC13. The minimum atomic E-state index is -4.26. The zero-order chi connectivity index (χ0) is 33.8. The zero-order valence-corrected chi connectivity index (χ0v) is 27.5. The minimum absolute atomic E-state index is 0.00568. The Morgan fingerprint density at radius 2 is 1.70 bits per heavy atom. The molecule has 2 aliphatic heterocycles. The molecular formula is C27H40N7O11P. The average Bonchev–Trinajstić information content (AvgIpc) is 3.34. The van der Waals surface area contributed by atoms with Gasteiger partial charge in [0.2, 0.25) is 11.5 Å². The van der Waals surface area contributed by atoms with Crippen LogP contribution in [-0.2, 0) is 42.4 Å². The van der Waals surface area contributed by atoms with Crippen LogP contribution in [0.5, 0.6) is 0 Å². The molecule has 3 aliphatic rings. The van der Waals surface area contributed by atoms with Crippen molar-refractivity contribution >= 4 is 42.9 Å². The van der Waals surface area contributed by atoms with Crippen LogP contribution in [0.1, 0.15) is 53.5 Å². The number of hydrogen-bond donors (Lipinski definition) is 4. The molecule has 18 nitrogen and oxygen atoms in total. The lowest BCUT2D eigenvalue weighted by molar-refractivity contribution is -0.143. The molecule has 2 aromatic rings. The van der Waals surface area contributed by atoms with Crippen molar-refractivity contribution in [2.75, 3.05) is 26.6 Å². The molecule has 19 heteroatoms. The van der Waals surface area contributed by atoms with Gasteiger partial charge in [0.1, 0.15) is 29.8 Å². The topological polar surface area (TPSA) is 237 Å². The number of H-pyrrole nitrogens is 1. The fraction of sp³-hybridized carbons (Fsp3) is 0.704. The number of carbonyl (C=O) groups excluding carboxylic acids is 3. The summed E-state index contributed by atoms with van der Waals surface area (Å²) in [5.41, 5.74) is 2.84. The molecule has 2 saturated heterocycles. The molecule has 1 spiro atoms. The van der Waals surface area contributed by atoms with Crippen LogP contribution >= 0.6 is 7.67 Å². The predicted molar refractivity (Wildman–Crippen MR) is 159 cm³/mol. The molecule has 0 radical (unpaired) electrons. The van der Waals surface area contributed by atoms with E-state index in [4.69, 9.17) is 33.9 Å². The van der Waals surface area contributed by atoms with Crippen LogP contribution < -0.4 is 21.5 Å². The maximum absolute atomic E-state index is 14.5. The van der Waals surface area contributed by atoms with Crippen molar-refractivity contribution in [2.45, 2.75) is 89.0 Å². The Morgan fingerprint density at radius 1 is 1.11 bits per heavy atom. The first kappa shape index (κ1) is 33.8. The predicted octanol–water partition coefficient (Wildman–Crippen LogP) is 1.17. The summed E-state index contributed by atoms with van der Waals surface area (Å²) in [5.74, 6) is -1.49. The number of fused-ring (bicyclic) bond motifs is 1. The molecule has 5 N–H and O–H groups in total. The smallest absolute Gasteiger partial charge is 0.468 e. The Balaban J connectivity index is 1.42. The number of imidazole rings is 1. The molecule has 0 amide bonds. The molecule has 0 aromatic carbocycles. The fourth-order valence-electron chi connectivity index (χ4n) is 6.51. The van der Waals surface area contributed by atoms with E-state index < -0.39 is 79.5 Å². The third kappa shape index (κ3) is 5.76. The van der Waals surface area contributed by atoms with E-state index in [2.05, 4.69) is 25.1 Å². The lowest BCUT2D eigenvalue weighted by Crippen LogP contribution is -2.46. The molecule has 1 aliphatic carbocycles. The lowest BCUT2D eigenvalue weighted by atomic mass is 10.1. The van der Waals surface area contributed by atoms with Crippen LogP contribution in [0.15, 0.2) is 11.1 Å². The van der Waals surface area contributed by atoms with Crippen molar-refractivity contribution < 1.29 is 47.2 Å². The van der Waals surface area contributed by atoms with Gasteiger partial charge >= 0.3 is 25.8 Å². The molecule has 5 rings (SSSR count). The summed E-state index contributed by atoms with van der Waals surface area (Å²) in [5, 5.41) is 5.52. The summed E-state index contributed by atoms with van der Waals surface area (Å²) < 4.78 is 49.5. The van der Waals surface area contributed by atoms with E-state index in [1.54, 1.807) is 11.5 Å². The van der Waals surface area contributed by atoms with Crippen LogP contribution in [0.3, 0.4) is 0 Å². The van der Waals surface area contributed by atoms with Crippen LogP contribution in [0.2, 0.25) is 0 Å².